The number of hydrogen-bond donors (Lipinski definition) is 2. The molecule has 0 bridgehead atoms. The Hall–Kier alpha value is -1.09. The quantitative estimate of drug-likeness (QED) is 0.685. The number of allylic oxidation sites excluding steroid dienone is 2. The van der Waals surface area contributed by atoms with E-state index in [1.807, 2.05) is 19.1 Å². The lowest BCUT2D eigenvalue weighted by Crippen LogP contribution is -2.32. The van der Waals surface area contributed by atoms with Gasteiger partial charge in [-0.25, -0.2) is 0 Å². The van der Waals surface area contributed by atoms with E-state index in [1.54, 1.807) is 0 Å². The molecule has 1 rings (SSSR count). The van der Waals surface area contributed by atoms with Gasteiger partial charge in [0.25, 0.3) is 0 Å². The van der Waals surface area contributed by atoms with Crippen molar-refractivity contribution < 1.29 is 4.79 Å². The van der Waals surface area contributed by atoms with Crippen molar-refractivity contribution >= 4 is 5.91 Å². The molecule has 1 amide bonds. The van der Waals surface area contributed by atoms with E-state index in [0.717, 1.165) is 13.0 Å². The second-order valence-electron chi connectivity index (χ2n) is 3.31. The Morgan fingerprint density at radius 3 is 3.00 bits per heavy atom. The van der Waals surface area contributed by atoms with Gasteiger partial charge in [-0.2, -0.15) is 0 Å². The maximum absolute atomic E-state index is 11.1. The van der Waals surface area contributed by atoms with E-state index in [1.165, 1.54) is 0 Å². The standard InChI is InChI=1S/C11H18N2O/c1-2-12-11(14)8-9-13-10-6-4-3-5-7-10/h3-6,10,13H,2,7-9H2,1H3,(H,12,14). The smallest absolute Gasteiger partial charge is 0.221 e. The largest absolute Gasteiger partial charge is 0.356 e. The Labute approximate surface area is 85.3 Å². The first kappa shape index (κ1) is 11.0. The molecule has 0 radical (unpaired) electrons. The normalized spacial score (nSPS) is 19.6. The van der Waals surface area contributed by atoms with Crippen molar-refractivity contribution in [3.63, 3.8) is 0 Å². The Balaban J connectivity index is 2.06. The SMILES string of the molecule is CCNC(=O)CCNC1C=CC=CC1. The number of carbonyl (C=O) groups is 1. The number of amides is 1. The van der Waals surface area contributed by atoms with Crippen LogP contribution in [0.3, 0.4) is 0 Å². The highest BCUT2D eigenvalue weighted by molar-refractivity contribution is 5.75. The number of carbonyl (C=O) groups excluding carboxylic acids is 1. The molecule has 0 aromatic carbocycles. The average molecular weight is 194 g/mol. The van der Waals surface area contributed by atoms with Crippen molar-refractivity contribution in [2.75, 3.05) is 13.1 Å². The average Bonchev–Trinajstić information content (AvgIpc) is 2.20. The summed E-state index contributed by atoms with van der Waals surface area (Å²) in [4.78, 5) is 11.1. The molecule has 1 unspecified atom stereocenters. The number of rotatable bonds is 5. The summed E-state index contributed by atoms with van der Waals surface area (Å²) < 4.78 is 0. The van der Waals surface area contributed by atoms with Crippen molar-refractivity contribution in [1.29, 1.82) is 0 Å². The van der Waals surface area contributed by atoms with Crippen molar-refractivity contribution in [3.05, 3.63) is 24.3 Å². The van der Waals surface area contributed by atoms with Gasteiger partial charge in [0.15, 0.2) is 0 Å². The van der Waals surface area contributed by atoms with Crippen LogP contribution in [-0.2, 0) is 4.79 Å². The minimum Gasteiger partial charge on any atom is -0.356 e. The van der Waals surface area contributed by atoms with Crippen LogP contribution in [0.25, 0.3) is 0 Å². The highest BCUT2D eigenvalue weighted by Crippen LogP contribution is 2.02. The molecule has 1 atom stereocenters. The van der Waals surface area contributed by atoms with Gasteiger partial charge in [-0.1, -0.05) is 24.3 Å². The summed E-state index contributed by atoms with van der Waals surface area (Å²) in [6.45, 7) is 3.39. The molecule has 0 saturated heterocycles. The minimum atomic E-state index is 0.121. The van der Waals surface area contributed by atoms with E-state index in [0.29, 0.717) is 19.0 Å². The molecule has 0 aromatic rings. The molecule has 0 aromatic heterocycles. The summed E-state index contributed by atoms with van der Waals surface area (Å²) in [5, 5.41) is 6.08. The molecule has 78 valence electrons. The zero-order valence-electron chi connectivity index (χ0n) is 8.62. The van der Waals surface area contributed by atoms with Crippen LogP contribution < -0.4 is 10.6 Å². The summed E-state index contributed by atoms with van der Waals surface area (Å²) in [7, 11) is 0. The van der Waals surface area contributed by atoms with E-state index in [-0.39, 0.29) is 5.91 Å². The summed E-state index contributed by atoms with van der Waals surface area (Å²) in [5.74, 6) is 0.121. The lowest BCUT2D eigenvalue weighted by Gasteiger charge is -2.14. The molecule has 0 aliphatic heterocycles. The Morgan fingerprint density at radius 1 is 1.50 bits per heavy atom. The first-order valence-corrected chi connectivity index (χ1v) is 5.16. The van der Waals surface area contributed by atoms with Gasteiger partial charge in [0.1, 0.15) is 0 Å². The van der Waals surface area contributed by atoms with Crippen molar-refractivity contribution in [2.45, 2.75) is 25.8 Å². The molecule has 3 heteroatoms. The third-order valence-corrected chi connectivity index (χ3v) is 2.11. The third kappa shape index (κ3) is 4.23. The van der Waals surface area contributed by atoms with Crippen molar-refractivity contribution in [1.82, 2.24) is 10.6 Å². The van der Waals surface area contributed by atoms with Crippen LogP contribution in [0.2, 0.25) is 0 Å². The molecular weight excluding hydrogens is 176 g/mol. The van der Waals surface area contributed by atoms with Gasteiger partial charge < -0.3 is 10.6 Å². The van der Waals surface area contributed by atoms with Crippen LogP contribution in [-0.4, -0.2) is 25.0 Å². The molecule has 2 N–H and O–H groups in total. The predicted molar refractivity (Wildman–Crippen MR) is 58.0 cm³/mol. The van der Waals surface area contributed by atoms with Gasteiger partial charge in [0.05, 0.1) is 0 Å². The van der Waals surface area contributed by atoms with E-state index >= 15 is 0 Å². The Bertz CT molecular complexity index is 233. The Morgan fingerprint density at radius 2 is 2.36 bits per heavy atom. The first-order chi connectivity index (χ1) is 6.83. The fourth-order valence-electron chi connectivity index (χ4n) is 1.39. The molecule has 1 aliphatic rings. The zero-order chi connectivity index (χ0) is 10.2. The van der Waals surface area contributed by atoms with Gasteiger partial charge in [-0.05, 0) is 13.3 Å². The maximum Gasteiger partial charge on any atom is 0.221 e. The second kappa shape index (κ2) is 6.38. The molecule has 0 fully saturated rings. The molecule has 0 saturated carbocycles. The molecule has 0 heterocycles. The summed E-state index contributed by atoms with van der Waals surface area (Å²) in [6, 6.07) is 0.398. The Kier molecular flexibility index (Phi) is 5.00. The lowest BCUT2D eigenvalue weighted by molar-refractivity contribution is -0.120. The van der Waals surface area contributed by atoms with Crippen LogP contribution in [0.15, 0.2) is 24.3 Å². The van der Waals surface area contributed by atoms with Gasteiger partial charge in [-0.3, -0.25) is 4.79 Å². The minimum absolute atomic E-state index is 0.121. The van der Waals surface area contributed by atoms with Crippen LogP contribution in [0.1, 0.15) is 19.8 Å². The van der Waals surface area contributed by atoms with Crippen molar-refractivity contribution in [3.8, 4) is 0 Å². The fraction of sp³-hybridized carbons (Fsp3) is 0.545. The van der Waals surface area contributed by atoms with E-state index in [9.17, 15) is 4.79 Å². The van der Waals surface area contributed by atoms with E-state index in [4.69, 9.17) is 0 Å². The first-order valence-electron chi connectivity index (χ1n) is 5.16. The monoisotopic (exact) mass is 194 g/mol. The van der Waals surface area contributed by atoms with Crippen molar-refractivity contribution in [2.24, 2.45) is 0 Å². The lowest BCUT2D eigenvalue weighted by atomic mass is 10.1. The summed E-state index contributed by atoms with van der Waals surface area (Å²) in [5.41, 5.74) is 0. The molecule has 0 spiro atoms. The molecule has 3 nitrogen and oxygen atoms in total. The summed E-state index contributed by atoms with van der Waals surface area (Å²) >= 11 is 0. The van der Waals surface area contributed by atoms with Gasteiger partial charge in [0.2, 0.25) is 5.91 Å². The highest BCUT2D eigenvalue weighted by atomic mass is 16.1. The fourth-order valence-corrected chi connectivity index (χ4v) is 1.39. The van der Waals surface area contributed by atoms with Crippen LogP contribution in [0, 0.1) is 0 Å². The third-order valence-electron chi connectivity index (χ3n) is 2.11. The molecular formula is C11H18N2O. The molecule has 14 heavy (non-hydrogen) atoms. The van der Waals surface area contributed by atoms with E-state index < -0.39 is 0 Å². The van der Waals surface area contributed by atoms with Gasteiger partial charge in [0, 0.05) is 25.6 Å². The maximum atomic E-state index is 11.1. The number of hydrogen-bond acceptors (Lipinski definition) is 2. The van der Waals surface area contributed by atoms with Crippen LogP contribution in [0.4, 0.5) is 0 Å². The second-order valence-corrected chi connectivity index (χ2v) is 3.31. The van der Waals surface area contributed by atoms with E-state index in [2.05, 4.69) is 22.8 Å². The topological polar surface area (TPSA) is 41.1 Å². The van der Waals surface area contributed by atoms with Gasteiger partial charge in [-0.15, -0.1) is 0 Å². The summed E-state index contributed by atoms with van der Waals surface area (Å²) in [6.07, 6.45) is 9.91. The highest BCUT2D eigenvalue weighted by Gasteiger charge is 2.04. The van der Waals surface area contributed by atoms with Gasteiger partial charge >= 0.3 is 0 Å². The predicted octanol–water partition coefficient (Wildman–Crippen LogP) is 0.987. The number of nitrogens with one attached hydrogen (secondary N) is 2. The van der Waals surface area contributed by atoms with Crippen LogP contribution >= 0.6 is 0 Å². The van der Waals surface area contributed by atoms with Crippen LogP contribution in [0.5, 0.6) is 0 Å². The zero-order valence-corrected chi connectivity index (χ0v) is 8.62. The molecule has 1 aliphatic carbocycles.